The Morgan fingerprint density at radius 2 is 2.19 bits per heavy atom. The van der Waals surface area contributed by atoms with Crippen LogP contribution < -0.4 is 0 Å². The third-order valence-electron chi connectivity index (χ3n) is 3.72. The standard InChI is InChI=1S/C14H18ClN3O2S/c1-18(9-14(19)3-5-20-6-4-14)8-11-16-12(15)10-2-7-21-13(10)17-11/h2,7,19H,3-6,8-9H2,1H3. The molecule has 0 atom stereocenters. The molecule has 5 nitrogen and oxygen atoms in total. The van der Waals surface area contributed by atoms with Crippen molar-refractivity contribution < 1.29 is 9.84 Å². The van der Waals surface area contributed by atoms with Crippen molar-refractivity contribution >= 4 is 33.2 Å². The van der Waals surface area contributed by atoms with Gasteiger partial charge in [0.25, 0.3) is 0 Å². The van der Waals surface area contributed by atoms with Gasteiger partial charge in [0.15, 0.2) is 0 Å². The Morgan fingerprint density at radius 3 is 2.95 bits per heavy atom. The van der Waals surface area contributed by atoms with E-state index in [1.807, 2.05) is 23.4 Å². The van der Waals surface area contributed by atoms with Crippen LogP contribution in [0.15, 0.2) is 11.4 Å². The number of fused-ring (bicyclic) bond motifs is 1. The Kier molecular flexibility index (Phi) is 4.42. The highest BCUT2D eigenvalue weighted by Crippen LogP contribution is 2.26. The summed E-state index contributed by atoms with van der Waals surface area (Å²) in [5.74, 6) is 0.688. The van der Waals surface area contributed by atoms with Crippen molar-refractivity contribution in [3.63, 3.8) is 0 Å². The predicted octanol–water partition coefficient (Wildman–Crippen LogP) is 2.32. The lowest BCUT2D eigenvalue weighted by molar-refractivity contribution is -0.0779. The van der Waals surface area contributed by atoms with Gasteiger partial charge in [-0.3, -0.25) is 4.90 Å². The monoisotopic (exact) mass is 327 g/mol. The third kappa shape index (κ3) is 3.52. The van der Waals surface area contributed by atoms with E-state index in [-0.39, 0.29) is 0 Å². The maximum Gasteiger partial charge on any atom is 0.145 e. The zero-order chi connectivity index (χ0) is 14.9. The lowest BCUT2D eigenvalue weighted by Crippen LogP contribution is -2.45. The number of hydrogen-bond acceptors (Lipinski definition) is 6. The van der Waals surface area contributed by atoms with Crippen LogP contribution in [-0.4, -0.2) is 52.4 Å². The van der Waals surface area contributed by atoms with Gasteiger partial charge in [0.05, 0.1) is 12.1 Å². The predicted molar refractivity (Wildman–Crippen MR) is 83.8 cm³/mol. The van der Waals surface area contributed by atoms with E-state index in [0.717, 1.165) is 10.2 Å². The van der Waals surface area contributed by atoms with Crippen molar-refractivity contribution in [1.29, 1.82) is 0 Å². The molecule has 0 amide bonds. The van der Waals surface area contributed by atoms with Gasteiger partial charge in [0.1, 0.15) is 15.8 Å². The average molecular weight is 328 g/mol. The van der Waals surface area contributed by atoms with E-state index in [4.69, 9.17) is 16.3 Å². The lowest BCUT2D eigenvalue weighted by Gasteiger charge is -2.35. The van der Waals surface area contributed by atoms with E-state index in [2.05, 4.69) is 9.97 Å². The second kappa shape index (κ2) is 6.14. The quantitative estimate of drug-likeness (QED) is 0.873. The second-order valence-corrected chi connectivity index (χ2v) is 6.83. The molecule has 21 heavy (non-hydrogen) atoms. The smallest absolute Gasteiger partial charge is 0.145 e. The van der Waals surface area contributed by atoms with Crippen LogP contribution in [0.2, 0.25) is 5.15 Å². The summed E-state index contributed by atoms with van der Waals surface area (Å²) in [6.07, 6.45) is 1.34. The van der Waals surface area contributed by atoms with Crippen LogP contribution in [-0.2, 0) is 11.3 Å². The molecular weight excluding hydrogens is 310 g/mol. The molecule has 1 N–H and O–H groups in total. The molecule has 2 aromatic rings. The van der Waals surface area contributed by atoms with E-state index in [9.17, 15) is 5.11 Å². The number of likely N-dealkylation sites (N-methyl/N-ethyl adjacent to an activating group) is 1. The van der Waals surface area contributed by atoms with Gasteiger partial charge in [-0.1, -0.05) is 11.6 Å². The maximum absolute atomic E-state index is 10.5. The van der Waals surface area contributed by atoms with Crippen LogP contribution >= 0.6 is 22.9 Å². The molecule has 0 aromatic carbocycles. The molecule has 0 radical (unpaired) electrons. The van der Waals surface area contributed by atoms with Crippen molar-refractivity contribution in [3.05, 3.63) is 22.4 Å². The van der Waals surface area contributed by atoms with Crippen LogP contribution in [0.25, 0.3) is 10.2 Å². The van der Waals surface area contributed by atoms with Crippen molar-refractivity contribution in [1.82, 2.24) is 14.9 Å². The minimum absolute atomic E-state index is 0.495. The summed E-state index contributed by atoms with van der Waals surface area (Å²) in [5.41, 5.74) is -0.677. The molecule has 0 saturated carbocycles. The number of aromatic nitrogens is 2. The summed E-state index contributed by atoms with van der Waals surface area (Å²) in [6, 6.07) is 1.93. The third-order valence-corrected chi connectivity index (χ3v) is 4.82. The Hall–Kier alpha value is -0.790. The second-order valence-electron chi connectivity index (χ2n) is 5.58. The van der Waals surface area contributed by atoms with E-state index >= 15 is 0 Å². The van der Waals surface area contributed by atoms with E-state index in [0.29, 0.717) is 50.1 Å². The molecule has 0 spiro atoms. The lowest BCUT2D eigenvalue weighted by atomic mass is 9.94. The van der Waals surface area contributed by atoms with Crippen LogP contribution in [0.4, 0.5) is 0 Å². The Balaban J connectivity index is 1.69. The van der Waals surface area contributed by atoms with Crippen molar-refractivity contribution in [2.75, 3.05) is 26.8 Å². The number of aliphatic hydroxyl groups is 1. The molecule has 114 valence electrons. The number of hydrogen-bond donors (Lipinski definition) is 1. The van der Waals surface area contributed by atoms with Crippen molar-refractivity contribution in [3.8, 4) is 0 Å². The fourth-order valence-corrected chi connectivity index (χ4v) is 3.73. The molecule has 1 aliphatic heterocycles. The molecule has 3 rings (SSSR count). The van der Waals surface area contributed by atoms with E-state index < -0.39 is 5.60 Å². The fraction of sp³-hybridized carbons (Fsp3) is 0.571. The number of nitrogens with zero attached hydrogens (tertiary/aromatic N) is 3. The summed E-state index contributed by atoms with van der Waals surface area (Å²) in [7, 11) is 1.96. The largest absolute Gasteiger partial charge is 0.388 e. The maximum atomic E-state index is 10.5. The highest BCUT2D eigenvalue weighted by molar-refractivity contribution is 7.16. The molecule has 7 heteroatoms. The van der Waals surface area contributed by atoms with Gasteiger partial charge in [0, 0.05) is 38.0 Å². The van der Waals surface area contributed by atoms with Gasteiger partial charge in [-0.15, -0.1) is 11.3 Å². The van der Waals surface area contributed by atoms with Gasteiger partial charge in [-0.05, 0) is 18.5 Å². The van der Waals surface area contributed by atoms with Crippen LogP contribution in [0.3, 0.4) is 0 Å². The first kappa shape index (κ1) is 15.1. The summed E-state index contributed by atoms with van der Waals surface area (Å²) >= 11 is 7.74. The number of halogens is 1. The molecule has 1 aliphatic rings. The van der Waals surface area contributed by atoms with Crippen LogP contribution in [0.5, 0.6) is 0 Å². The fourth-order valence-electron chi connectivity index (χ4n) is 2.64. The summed E-state index contributed by atoms with van der Waals surface area (Å²) < 4.78 is 5.30. The molecule has 0 aliphatic carbocycles. The van der Waals surface area contributed by atoms with Gasteiger partial charge in [0.2, 0.25) is 0 Å². The first-order valence-electron chi connectivity index (χ1n) is 6.94. The number of rotatable bonds is 4. The van der Waals surface area contributed by atoms with Crippen molar-refractivity contribution in [2.45, 2.75) is 25.0 Å². The Morgan fingerprint density at radius 1 is 1.43 bits per heavy atom. The molecule has 0 unspecified atom stereocenters. The van der Waals surface area contributed by atoms with Crippen LogP contribution in [0.1, 0.15) is 18.7 Å². The summed E-state index contributed by atoms with van der Waals surface area (Å²) in [5, 5.41) is 13.9. The minimum atomic E-state index is -0.677. The Labute approximate surface area is 132 Å². The number of thiophene rings is 1. The minimum Gasteiger partial charge on any atom is -0.388 e. The van der Waals surface area contributed by atoms with Crippen molar-refractivity contribution in [2.24, 2.45) is 0 Å². The summed E-state index contributed by atoms with van der Waals surface area (Å²) in [6.45, 7) is 2.39. The highest BCUT2D eigenvalue weighted by atomic mass is 35.5. The van der Waals surface area contributed by atoms with Gasteiger partial charge in [-0.2, -0.15) is 0 Å². The van der Waals surface area contributed by atoms with E-state index in [1.165, 1.54) is 0 Å². The first-order valence-corrected chi connectivity index (χ1v) is 8.20. The zero-order valence-electron chi connectivity index (χ0n) is 11.9. The Bertz CT molecular complexity index is 628. The topological polar surface area (TPSA) is 58.5 Å². The van der Waals surface area contributed by atoms with E-state index in [1.54, 1.807) is 11.3 Å². The summed E-state index contributed by atoms with van der Waals surface area (Å²) in [4.78, 5) is 11.8. The first-order chi connectivity index (χ1) is 10.1. The molecular formula is C14H18ClN3O2S. The SMILES string of the molecule is CN(Cc1nc(Cl)c2ccsc2n1)CC1(O)CCOCC1. The van der Waals surface area contributed by atoms with Gasteiger partial charge >= 0.3 is 0 Å². The molecule has 0 bridgehead atoms. The van der Waals surface area contributed by atoms with Crippen LogP contribution in [0, 0.1) is 0 Å². The normalized spacial score (nSPS) is 18.5. The zero-order valence-corrected chi connectivity index (χ0v) is 13.5. The molecule has 1 saturated heterocycles. The van der Waals surface area contributed by atoms with Gasteiger partial charge in [-0.25, -0.2) is 9.97 Å². The molecule has 3 heterocycles. The average Bonchev–Trinajstić information content (AvgIpc) is 2.87. The molecule has 1 fully saturated rings. The number of ether oxygens (including phenoxy) is 1. The highest BCUT2D eigenvalue weighted by Gasteiger charge is 2.31. The van der Waals surface area contributed by atoms with Gasteiger partial charge < -0.3 is 9.84 Å². The molecule has 2 aromatic heterocycles.